The van der Waals surface area contributed by atoms with Crippen molar-refractivity contribution in [2.45, 2.75) is 63.8 Å². The number of nitrogens with one attached hydrogen (secondary N) is 1. The molecular formula is C15H26N2O. The highest BCUT2D eigenvalue weighted by Gasteiger charge is 2.46. The topological polar surface area (TPSA) is 32.3 Å². The molecule has 1 atom stereocenters. The minimum absolute atomic E-state index is 0.324. The van der Waals surface area contributed by atoms with Crippen molar-refractivity contribution >= 4 is 5.91 Å². The van der Waals surface area contributed by atoms with E-state index in [1.807, 2.05) is 4.90 Å². The van der Waals surface area contributed by atoms with Crippen molar-refractivity contribution in [3.8, 4) is 0 Å². The molecule has 1 heterocycles. The molecule has 0 aromatic heterocycles. The maximum absolute atomic E-state index is 12.0. The molecule has 102 valence electrons. The monoisotopic (exact) mass is 250 g/mol. The minimum atomic E-state index is 0.324. The number of carbonyl (C=O) groups is 1. The van der Waals surface area contributed by atoms with Crippen LogP contribution in [0.25, 0.3) is 0 Å². The summed E-state index contributed by atoms with van der Waals surface area (Å²) < 4.78 is 0. The second-order valence-electron chi connectivity index (χ2n) is 6.48. The van der Waals surface area contributed by atoms with Crippen molar-refractivity contribution in [3.63, 3.8) is 0 Å². The van der Waals surface area contributed by atoms with Gasteiger partial charge in [0, 0.05) is 19.1 Å². The molecule has 1 unspecified atom stereocenters. The van der Waals surface area contributed by atoms with E-state index in [0.717, 1.165) is 13.1 Å². The number of carbonyl (C=O) groups excluding carboxylic acids is 1. The maximum Gasteiger partial charge on any atom is 0.236 e. The number of nitrogens with zero attached hydrogens (tertiary/aromatic N) is 1. The Hall–Kier alpha value is -0.570. The predicted molar refractivity (Wildman–Crippen MR) is 72.4 cm³/mol. The van der Waals surface area contributed by atoms with Gasteiger partial charge < -0.3 is 10.2 Å². The summed E-state index contributed by atoms with van der Waals surface area (Å²) in [6, 6.07) is 0.629. The standard InChI is InChI=1S/C15H26N2O/c18-14(17-10-4-5-11-17)12-16-13-6-9-15(13)7-2-1-3-8-15/h13,16H,1-12H2. The second-order valence-corrected chi connectivity index (χ2v) is 6.48. The van der Waals surface area contributed by atoms with E-state index in [2.05, 4.69) is 5.32 Å². The predicted octanol–water partition coefficient (Wildman–Crippen LogP) is 2.31. The Labute approximate surface area is 110 Å². The summed E-state index contributed by atoms with van der Waals surface area (Å²) in [7, 11) is 0. The normalized spacial score (nSPS) is 30.4. The lowest BCUT2D eigenvalue weighted by molar-refractivity contribution is -0.129. The number of hydrogen-bond acceptors (Lipinski definition) is 2. The van der Waals surface area contributed by atoms with Crippen LogP contribution >= 0.6 is 0 Å². The summed E-state index contributed by atoms with van der Waals surface area (Å²) in [6.45, 7) is 2.54. The van der Waals surface area contributed by atoms with Gasteiger partial charge in [-0.25, -0.2) is 0 Å². The average Bonchev–Trinajstić information content (AvgIpc) is 2.92. The lowest BCUT2D eigenvalue weighted by Gasteiger charge is -2.52. The van der Waals surface area contributed by atoms with Crippen LogP contribution in [0.4, 0.5) is 0 Å². The Morgan fingerprint density at radius 2 is 1.78 bits per heavy atom. The fourth-order valence-corrected chi connectivity index (χ4v) is 4.16. The van der Waals surface area contributed by atoms with Gasteiger partial charge in [0.1, 0.15) is 0 Å². The fraction of sp³-hybridized carbons (Fsp3) is 0.933. The largest absolute Gasteiger partial charge is 0.342 e. The molecular weight excluding hydrogens is 224 g/mol. The van der Waals surface area contributed by atoms with Crippen LogP contribution in [-0.4, -0.2) is 36.5 Å². The molecule has 3 heteroatoms. The molecule has 2 saturated carbocycles. The van der Waals surface area contributed by atoms with E-state index in [1.54, 1.807) is 0 Å². The third-order valence-corrected chi connectivity index (χ3v) is 5.48. The Morgan fingerprint density at radius 1 is 1.06 bits per heavy atom. The van der Waals surface area contributed by atoms with Gasteiger partial charge in [0.15, 0.2) is 0 Å². The molecule has 2 aliphatic carbocycles. The van der Waals surface area contributed by atoms with Crippen LogP contribution in [-0.2, 0) is 4.79 Å². The van der Waals surface area contributed by atoms with E-state index in [1.165, 1.54) is 57.8 Å². The quantitative estimate of drug-likeness (QED) is 0.833. The van der Waals surface area contributed by atoms with Gasteiger partial charge in [-0.2, -0.15) is 0 Å². The van der Waals surface area contributed by atoms with Gasteiger partial charge in [0.05, 0.1) is 6.54 Å². The molecule has 1 spiro atoms. The lowest BCUT2D eigenvalue weighted by atomic mass is 9.57. The van der Waals surface area contributed by atoms with Gasteiger partial charge in [-0.15, -0.1) is 0 Å². The molecule has 1 N–H and O–H groups in total. The minimum Gasteiger partial charge on any atom is -0.342 e. The van der Waals surface area contributed by atoms with E-state index < -0.39 is 0 Å². The third kappa shape index (κ3) is 2.29. The molecule has 3 nitrogen and oxygen atoms in total. The summed E-state index contributed by atoms with van der Waals surface area (Å²) in [5, 5.41) is 3.57. The van der Waals surface area contributed by atoms with Crippen LogP contribution in [0.2, 0.25) is 0 Å². The molecule has 1 amide bonds. The molecule has 0 aromatic rings. The van der Waals surface area contributed by atoms with Crippen molar-refractivity contribution in [2.24, 2.45) is 5.41 Å². The molecule has 0 bridgehead atoms. The summed E-state index contributed by atoms with van der Waals surface area (Å²) in [4.78, 5) is 14.1. The number of likely N-dealkylation sites (tertiary alicyclic amines) is 1. The highest BCUT2D eigenvalue weighted by molar-refractivity contribution is 5.78. The van der Waals surface area contributed by atoms with Gasteiger partial charge >= 0.3 is 0 Å². The van der Waals surface area contributed by atoms with Crippen molar-refractivity contribution in [1.82, 2.24) is 10.2 Å². The average molecular weight is 250 g/mol. The number of amides is 1. The molecule has 1 aliphatic heterocycles. The van der Waals surface area contributed by atoms with E-state index in [0.29, 0.717) is 23.9 Å². The van der Waals surface area contributed by atoms with Crippen LogP contribution in [0.3, 0.4) is 0 Å². The van der Waals surface area contributed by atoms with Crippen LogP contribution in [0.15, 0.2) is 0 Å². The zero-order valence-electron chi connectivity index (χ0n) is 11.4. The Kier molecular flexibility index (Phi) is 3.60. The van der Waals surface area contributed by atoms with Crippen LogP contribution in [0.1, 0.15) is 57.8 Å². The Balaban J connectivity index is 1.46. The van der Waals surface area contributed by atoms with Crippen molar-refractivity contribution < 1.29 is 4.79 Å². The van der Waals surface area contributed by atoms with Crippen LogP contribution < -0.4 is 5.32 Å². The molecule has 0 aromatic carbocycles. The van der Waals surface area contributed by atoms with Crippen LogP contribution in [0, 0.1) is 5.41 Å². The first-order valence-electron chi connectivity index (χ1n) is 7.81. The first kappa shape index (κ1) is 12.5. The smallest absolute Gasteiger partial charge is 0.236 e. The molecule has 3 aliphatic rings. The van der Waals surface area contributed by atoms with Crippen molar-refractivity contribution in [2.75, 3.05) is 19.6 Å². The summed E-state index contributed by atoms with van der Waals surface area (Å²) in [5.41, 5.74) is 0.573. The molecule has 18 heavy (non-hydrogen) atoms. The van der Waals surface area contributed by atoms with Gasteiger partial charge in [0.25, 0.3) is 0 Å². The SMILES string of the molecule is O=C(CNC1CCC12CCCCC2)N1CCCC1. The van der Waals surface area contributed by atoms with Gasteiger partial charge in [-0.3, -0.25) is 4.79 Å². The second kappa shape index (κ2) is 5.20. The first-order valence-corrected chi connectivity index (χ1v) is 7.81. The van der Waals surface area contributed by atoms with E-state index in [9.17, 15) is 4.79 Å². The first-order chi connectivity index (χ1) is 8.80. The molecule has 0 radical (unpaired) electrons. The van der Waals surface area contributed by atoms with Crippen molar-refractivity contribution in [3.05, 3.63) is 0 Å². The number of rotatable bonds is 3. The zero-order valence-corrected chi connectivity index (χ0v) is 11.4. The van der Waals surface area contributed by atoms with E-state index in [-0.39, 0.29) is 0 Å². The third-order valence-electron chi connectivity index (χ3n) is 5.48. The van der Waals surface area contributed by atoms with Crippen LogP contribution in [0.5, 0.6) is 0 Å². The van der Waals surface area contributed by atoms with Gasteiger partial charge in [-0.05, 0) is 43.9 Å². The molecule has 3 rings (SSSR count). The molecule has 1 saturated heterocycles. The summed E-state index contributed by atoms with van der Waals surface area (Å²) >= 11 is 0. The lowest BCUT2D eigenvalue weighted by Crippen LogP contribution is -2.56. The highest BCUT2D eigenvalue weighted by atomic mass is 16.2. The Bertz CT molecular complexity index is 304. The molecule has 3 fully saturated rings. The number of hydrogen-bond donors (Lipinski definition) is 1. The van der Waals surface area contributed by atoms with Crippen molar-refractivity contribution in [1.29, 1.82) is 0 Å². The van der Waals surface area contributed by atoms with Gasteiger partial charge in [0.2, 0.25) is 5.91 Å². The Morgan fingerprint density at radius 3 is 2.39 bits per heavy atom. The van der Waals surface area contributed by atoms with Gasteiger partial charge in [-0.1, -0.05) is 19.3 Å². The maximum atomic E-state index is 12.0. The fourth-order valence-electron chi connectivity index (χ4n) is 4.16. The summed E-state index contributed by atoms with van der Waals surface area (Å²) in [5.74, 6) is 0.324. The summed E-state index contributed by atoms with van der Waals surface area (Å²) in [6.07, 6.45) is 12.1. The van der Waals surface area contributed by atoms with E-state index in [4.69, 9.17) is 0 Å². The zero-order chi connectivity index (χ0) is 12.4. The highest BCUT2D eigenvalue weighted by Crippen LogP contribution is 2.51. The van der Waals surface area contributed by atoms with E-state index >= 15 is 0 Å².